The van der Waals surface area contributed by atoms with E-state index in [2.05, 4.69) is 34.3 Å². The highest BCUT2D eigenvalue weighted by molar-refractivity contribution is 5.50. The van der Waals surface area contributed by atoms with E-state index in [1.165, 1.54) is 12.3 Å². The third-order valence-corrected chi connectivity index (χ3v) is 3.66. The highest BCUT2D eigenvalue weighted by atomic mass is 16.6. The molecule has 1 aromatic carbocycles. The van der Waals surface area contributed by atoms with E-state index in [9.17, 15) is 10.1 Å². The first-order valence-electron chi connectivity index (χ1n) is 7.12. The number of likely N-dealkylation sites (N-methyl/N-ethyl adjacent to an activating group) is 1. The fourth-order valence-corrected chi connectivity index (χ4v) is 2.14. The van der Waals surface area contributed by atoms with Crippen molar-refractivity contribution in [2.75, 3.05) is 23.8 Å². The summed E-state index contributed by atoms with van der Waals surface area (Å²) < 4.78 is 0. The molecule has 2 aromatic rings. The van der Waals surface area contributed by atoms with Gasteiger partial charge in [0.05, 0.1) is 4.92 Å². The van der Waals surface area contributed by atoms with E-state index in [1.807, 2.05) is 32.2 Å². The average Bonchev–Trinajstić information content (AvgIpc) is 2.53. The van der Waals surface area contributed by atoms with Gasteiger partial charge < -0.3 is 10.2 Å². The Labute approximate surface area is 129 Å². The lowest BCUT2D eigenvalue weighted by Gasteiger charge is -2.27. The molecule has 0 aliphatic rings. The average molecular weight is 300 g/mol. The number of hydrogen-bond acceptors (Lipinski definition) is 5. The van der Waals surface area contributed by atoms with Crippen molar-refractivity contribution in [2.45, 2.75) is 19.9 Å². The van der Waals surface area contributed by atoms with Crippen LogP contribution in [0.3, 0.4) is 0 Å². The topological polar surface area (TPSA) is 71.3 Å². The van der Waals surface area contributed by atoms with Crippen LogP contribution in [0, 0.1) is 17.0 Å². The van der Waals surface area contributed by atoms with Gasteiger partial charge >= 0.3 is 0 Å². The van der Waals surface area contributed by atoms with Gasteiger partial charge in [-0.2, -0.15) is 0 Å². The van der Waals surface area contributed by atoms with Crippen molar-refractivity contribution in [1.82, 2.24) is 4.98 Å². The van der Waals surface area contributed by atoms with E-state index in [4.69, 9.17) is 0 Å². The molecule has 0 saturated carbocycles. The van der Waals surface area contributed by atoms with Crippen LogP contribution in [0.2, 0.25) is 0 Å². The Bertz CT molecular complexity index is 646. The molecule has 1 N–H and O–H groups in total. The molecule has 0 amide bonds. The number of nitrogens with zero attached hydrogens (tertiary/aromatic N) is 3. The van der Waals surface area contributed by atoms with Crippen molar-refractivity contribution in [1.29, 1.82) is 0 Å². The highest BCUT2D eigenvalue weighted by Gasteiger charge is 2.12. The number of pyridine rings is 1. The lowest BCUT2D eigenvalue weighted by atomic mass is 10.2. The molecule has 0 spiro atoms. The number of anilines is 2. The summed E-state index contributed by atoms with van der Waals surface area (Å²) in [5, 5.41) is 14.0. The summed E-state index contributed by atoms with van der Waals surface area (Å²) in [6.07, 6.45) is 1.28. The fraction of sp³-hybridized carbons (Fsp3) is 0.312. The minimum Gasteiger partial charge on any atom is -0.370 e. The Morgan fingerprint density at radius 1 is 1.36 bits per heavy atom. The second kappa shape index (κ2) is 6.89. The van der Waals surface area contributed by atoms with E-state index in [0.29, 0.717) is 12.4 Å². The Balaban J connectivity index is 1.99. The minimum absolute atomic E-state index is 0.0116. The maximum atomic E-state index is 10.7. The van der Waals surface area contributed by atoms with Crippen LogP contribution < -0.4 is 10.2 Å². The SMILES string of the molecule is Cc1cc([N+](=O)[O-])cnc1NCC(C)N(C)c1ccccc1. The number of nitro groups is 1. The largest absolute Gasteiger partial charge is 0.370 e. The van der Waals surface area contributed by atoms with Gasteiger partial charge in [0, 0.05) is 31.4 Å². The van der Waals surface area contributed by atoms with Gasteiger partial charge in [-0.05, 0) is 31.5 Å². The second-order valence-electron chi connectivity index (χ2n) is 5.29. The molecule has 0 radical (unpaired) electrons. The lowest BCUT2D eigenvalue weighted by Crippen LogP contribution is -2.35. The number of rotatable bonds is 6. The summed E-state index contributed by atoms with van der Waals surface area (Å²) in [5.74, 6) is 0.680. The molecule has 1 aromatic heterocycles. The molecule has 1 unspecified atom stereocenters. The molecule has 6 nitrogen and oxygen atoms in total. The van der Waals surface area contributed by atoms with E-state index in [1.54, 1.807) is 0 Å². The highest BCUT2D eigenvalue weighted by Crippen LogP contribution is 2.19. The first kappa shape index (κ1) is 15.8. The van der Waals surface area contributed by atoms with Crippen LogP contribution in [0.15, 0.2) is 42.6 Å². The van der Waals surface area contributed by atoms with Crippen LogP contribution in [0.5, 0.6) is 0 Å². The van der Waals surface area contributed by atoms with Gasteiger partial charge in [-0.15, -0.1) is 0 Å². The number of benzene rings is 1. The number of hydrogen-bond donors (Lipinski definition) is 1. The van der Waals surface area contributed by atoms with Gasteiger partial charge in [0.15, 0.2) is 0 Å². The van der Waals surface area contributed by atoms with Crippen molar-refractivity contribution in [3.63, 3.8) is 0 Å². The summed E-state index contributed by atoms with van der Waals surface area (Å²) in [7, 11) is 2.04. The number of para-hydroxylation sites is 1. The van der Waals surface area contributed by atoms with Crippen molar-refractivity contribution < 1.29 is 4.92 Å². The van der Waals surface area contributed by atoms with Gasteiger partial charge in [0.25, 0.3) is 5.69 Å². The predicted octanol–water partition coefficient (Wildman–Crippen LogP) is 3.24. The molecule has 6 heteroatoms. The zero-order chi connectivity index (χ0) is 16.1. The van der Waals surface area contributed by atoms with E-state index in [0.717, 1.165) is 11.3 Å². The molecule has 1 heterocycles. The van der Waals surface area contributed by atoms with Crippen molar-refractivity contribution in [2.24, 2.45) is 0 Å². The van der Waals surface area contributed by atoms with Crippen molar-refractivity contribution in [3.8, 4) is 0 Å². The zero-order valence-electron chi connectivity index (χ0n) is 13.0. The predicted molar refractivity (Wildman–Crippen MR) is 88.4 cm³/mol. The maximum Gasteiger partial charge on any atom is 0.287 e. The molecular weight excluding hydrogens is 280 g/mol. The minimum atomic E-state index is -0.435. The van der Waals surface area contributed by atoms with Crippen LogP contribution in [0.4, 0.5) is 17.2 Å². The number of nitrogens with one attached hydrogen (secondary N) is 1. The summed E-state index contributed by atoms with van der Waals surface area (Å²) in [6, 6.07) is 11.9. The third-order valence-electron chi connectivity index (χ3n) is 3.66. The monoisotopic (exact) mass is 300 g/mol. The summed E-state index contributed by atoms with van der Waals surface area (Å²) in [4.78, 5) is 16.6. The Morgan fingerprint density at radius 2 is 2.05 bits per heavy atom. The summed E-state index contributed by atoms with van der Waals surface area (Å²) in [5.41, 5.74) is 1.92. The normalized spacial score (nSPS) is 11.8. The Morgan fingerprint density at radius 3 is 2.64 bits per heavy atom. The lowest BCUT2D eigenvalue weighted by molar-refractivity contribution is -0.385. The van der Waals surface area contributed by atoms with Gasteiger partial charge in [0.1, 0.15) is 12.0 Å². The molecule has 0 fully saturated rings. The number of aromatic nitrogens is 1. The van der Waals surface area contributed by atoms with Crippen LogP contribution in [-0.4, -0.2) is 29.5 Å². The summed E-state index contributed by atoms with van der Waals surface area (Å²) in [6.45, 7) is 4.62. The number of aryl methyl sites for hydroxylation is 1. The van der Waals surface area contributed by atoms with Gasteiger partial charge in [0.2, 0.25) is 0 Å². The Kier molecular flexibility index (Phi) is 4.93. The molecule has 0 aliphatic heterocycles. The van der Waals surface area contributed by atoms with Gasteiger partial charge in [-0.1, -0.05) is 18.2 Å². The van der Waals surface area contributed by atoms with Crippen molar-refractivity contribution >= 4 is 17.2 Å². The smallest absolute Gasteiger partial charge is 0.287 e. The maximum absolute atomic E-state index is 10.7. The molecule has 1 atom stereocenters. The molecule has 22 heavy (non-hydrogen) atoms. The summed E-state index contributed by atoms with van der Waals surface area (Å²) >= 11 is 0. The molecule has 2 rings (SSSR count). The third kappa shape index (κ3) is 3.72. The fourth-order valence-electron chi connectivity index (χ4n) is 2.14. The molecule has 0 bridgehead atoms. The molecule has 0 saturated heterocycles. The quantitative estimate of drug-likeness (QED) is 0.655. The van der Waals surface area contributed by atoms with Crippen LogP contribution >= 0.6 is 0 Å². The van der Waals surface area contributed by atoms with E-state index in [-0.39, 0.29) is 11.7 Å². The van der Waals surface area contributed by atoms with Gasteiger partial charge in [-0.25, -0.2) is 4.98 Å². The second-order valence-corrected chi connectivity index (χ2v) is 5.29. The molecule has 116 valence electrons. The van der Waals surface area contributed by atoms with E-state index < -0.39 is 4.92 Å². The van der Waals surface area contributed by atoms with Crippen LogP contribution in [0.1, 0.15) is 12.5 Å². The van der Waals surface area contributed by atoms with Crippen LogP contribution in [-0.2, 0) is 0 Å². The van der Waals surface area contributed by atoms with Crippen LogP contribution in [0.25, 0.3) is 0 Å². The Hall–Kier alpha value is -2.63. The molecular formula is C16H20N4O2. The first-order chi connectivity index (χ1) is 10.5. The standard InChI is InChI=1S/C16H20N4O2/c1-12-9-15(20(21)22)11-18-16(12)17-10-13(2)19(3)14-7-5-4-6-8-14/h4-9,11,13H,10H2,1-3H3,(H,17,18). The molecule has 0 aliphatic carbocycles. The zero-order valence-corrected chi connectivity index (χ0v) is 13.0. The first-order valence-corrected chi connectivity index (χ1v) is 7.12. The van der Waals surface area contributed by atoms with Crippen molar-refractivity contribution in [3.05, 3.63) is 58.3 Å². The van der Waals surface area contributed by atoms with Gasteiger partial charge in [-0.3, -0.25) is 10.1 Å². The van der Waals surface area contributed by atoms with E-state index >= 15 is 0 Å².